The van der Waals surface area contributed by atoms with E-state index in [0.29, 0.717) is 24.0 Å². The van der Waals surface area contributed by atoms with Crippen LogP contribution in [0.4, 0.5) is 0 Å². The van der Waals surface area contributed by atoms with Crippen LogP contribution in [0.1, 0.15) is 60.3 Å². The predicted molar refractivity (Wildman–Crippen MR) is 96.7 cm³/mol. The lowest BCUT2D eigenvalue weighted by atomic mass is 9.42. The van der Waals surface area contributed by atoms with Gasteiger partial charge in [0.15, 0.2) is 0 Å². The monoisotopic (exact) mass is 342 g/mol. The van der Waals surface area contributed by atoms with E-state index in [1.807, 2.05) is 0 Å². The third kappa shape index (κ3) is 2.10. The first-order valence-corrected chi connectivity index (χ1v) is 9.77. The van der Waals surface area contributed by atoms with Crippen molar-refractivity contribution < 1.29 is 14.3 Å². The van der Waals surface area contributed by atoms with Gasteiger partial charge in [0, 0.05) is 30.6 Å². The summed E-state index contributed by atoms with van der Waals surface area (Å²) in [5, 5.41) is 0. The molecule has 3 nitrogen and oxygen atoms in total. The standard InChI is InChI=1S/C22H30O3/c1-12-6-7-16-13(2)10-18(25-14(3)23)17-11-19(24)21(4)9-8-15(12)20(21)22(16,17)5/h6,8,13,16-18,20H,7,9-11H2,1-5H3/t13-,16+,17-,18-,20+,21+,22-/m1/s1. The summed E-state index contributed by atoms with van der Waals surface area (Å²) in [4.78, 5) is 24.9. The van der Waals surface area contributed by atoms with Gasteiger partial charge in [-0.15, -0.1) is 0 Å². The van der Waals surface area contributed by atoms with Crippen molar-refractivity contribution in [1.82, 2.24) is 0 Å². The first-order chi connectivity index (χ1) is 11.7. The number of allylic oxidation sites excluding steroid dienone is 4. The average Bonchev–Trinajstić information content (AvgIpc) is 2.83. The summed E-state index contributed by atoms with van der Waals surface area (Å²) in [5.41, 5.74) is 2.47. The molecule has 7 atom stereocenters. The quantitative estimate of drug-likeness (QED) is 0.660. The molecule has 0 N–H and O–H groups in total. The van der Waals surface area contributed by atoms with Gasteiger partial charge in [0.05, 0.1) is 0 Å². The van der Waals surface area contributed by atoms with Crippen molar-refractivity contribution in [2.24, 2.45) is 34.5 Å². The molecule has 2 fully saturated rings. The minimum Gasteiger partial charge on any atom is -0.462 e. The highest BCUT2D eigenvalue weighted by Gasteiger charge is 2.67. The number of carbonyl (C=O) groups excluding carboxylic acids is 2. The average molecular weight is 342 g/mol. The summed E-state index contributed by atoms with van der Waals surface area (Å²) in [6.07, 6.45) is 7.98. The fraction of sp³-hybridized carbons (Fsp3) is 0.727. The molecule has 0 aromatic carbocycles. The largest absolute Gasteiger partial charge is 0.462 e. The van der Waals surface area contributed by atoms with E-state index >= 15 is 0 Å². The molecule has 0 aliphatic heterocycles. The molecule has 4 aliphatic carbocycles. The van der Waals surface area contributed by atoms with Crippen LogP contribution in [0, 0.1) is 34.5 Å². The molecule has 0 bridgehead atoms. The number of hydrogen-bond acceptors (Lipinski definition) is 3. The zero-order chi connectivity index (χ0) is 18.1. The summed E-state index contributed by atoms with van der Waals surface area (Å²) >= 11 is 0. The van der Waals surface area contributed by atoms with Crippen molar-refractivity contribution in [2.45, 2.75) is 66.4 Å². The Kier molecular flexibility index (Phi) is 3.62. The Hall–Kier alpha value is -1.38. The van der Waals surface area contributed by atoms with Crippen molar-refractivity contribution >= 4 is 11.8 Å². The number of hydrogen-bond donors (Lipinski definition) is 0. The Labute approximate surface area is 150 Å². The van der Waals surface area contributed by atoms with E-state index < -0.39 is 0 Å². The molecule has 0 aromatic rings. The lowest BCUT2D eigenvalue weighted by Gasteiger charge is -2.61. The van der Waals surface area contributed by atoms with Crippen LogP contribution in [0.5, 0.6) is 0 Å². The summed E-state index contributed by atoms with van der Waals surface area (Å²) in [6, 6.07) is 0. The highest BCUT2D eigenvalue weighted by molar-refractivity contribution is 5.88. The van der Waals surface area contributed by atoms with Crippen LogP contribution in [-0.2, 0) is 14.3 Å². The maximum absolute atomic E-state index is 13.2. The Morgan fingerprint density at radius 3 is 2.64 bits per heavy atom. The van der Waals surface area contributed by atoms with Gasteiger partial charge in [-0.1, -0.05) is 38.5 Å². The summed E-state index contributed by atoms with van der Waals surface area (Å²) < 4.78 is 5.77. The van der Waals surface area contributed by atoms with Crippen LogP contribution in [0.3, 0.4) is 0 Å². The Morgan fingerprint density at radius 2 is 1.96 bits per heavy atom. The second-order valence-electron chi connectivity index (χ2n) is 9.40. The van der Waals surface area contributed by atoms with E-state index in [9.17, 15) is 9.59 Å². The van der Waals surface area contributed by atoms with Crippen LogP contribution < -0.4 is 0 Å². The molecule has 0 saturated heterocycles. The van der Waals surface area contributed by atoms with Gasteiger partial charge in [0.25, 0.3) is 0 Å². The summed E-state index contributed by atoms with van der Waals surface area (Å²) in [5.74, 6) is 1.59. The van der Waals surface area contributed by atoms with Gasteiger partial charge < -0.3 is 4.74 Å². The Morgan fingerprint density at radius 1 is 1.24 bits per heavy atom. The molecule has 0 heterocycles. The molecule has 4 aliphatic rings. The number of Topliss-reactive ketones (excluding diaryl/α,β-unsaturated/α-hetero) is 1. The summed E-state index contributed by atoms with van der Waals surface area (Å²) in [6.45, 7) is 10.6. The number of ketones is 1. The van der Waals surface area contributed by atoms with Gasteiger partial charge in [-0.25, -0.2) is 0 Å². The molecule has 3 heteroatoms. The second kappa shape index (κ2) is 5.31. The lowest BCUT2D eigenvalue weighted by Crippen LogP contribution is -2.62. The van der Waals surface area contributed by atoms with Gasteiger partial charge in [0.1, 0.15) is 11.9 Å². The zero-order valence-electron chi connectivity index (χ0n) is 16.1. The molecule has 136 valence electrons. The van der Waals surface area contributed by atoms with Crippen LogP contribution in [0.25, 0.3) is 0 Å². The van der Waals surface area contributed by atoms with E-state index in [2.05, 4.69) is 39.8 Å². The minimum absolute atomic E-state index is 0.0109. The molecule has 0 amide bonds. The van der Waals surface area contributed by atoms with Crippen molar-refractivity contribution in [2.75, 3.05) is 0 Å². The molecule has 0 spiro atoms. The summed E-state index contributed by atoms with van der Waals surface area (Å²) in [7, 11) is 0. The lowest BCUT2D eigenvalue weighted by molar-refractivity contribution is -0.188. The van der Waals surface area contributed by atoms with E-state index in [0.717, 1.165) is 19.3 Å². The van der Waals surface area contributed by atoms with Crippen molar-refractivity contribution in [1.29, 1.82) is 0 Å². The minimum atomic E-state index is -0.282. The molecule has 0 radical (unpaired) electrons. The van der Waals surface area contributed by atoms with E-state index in [1.54, 1.807) is 0 Å². The SMILES string of the molecule is CC(=O)O[C@@H]1C[C@@H](C)[C@@H]2CC=C(C)C3=CC[C@@]4(C)C(=O)C[C@H]1[C@]2(C)[C@@H]34. The highest BCUT2D eigenvalue weighted by atomic mass is 16.5. The first kappa shape index (κ1) is 17.1. The Bertz CT molecular complexity index is 702. The second-order valence-corrected chi connectivity index (χ2v) is 9.40. The van der Waals surface area contributed by atoms with Crippen LogP contribution in [-0.4, -0.2) is 17.9 Å². The van der Waals surface area contributed by atoms with Crippen molar-refractivity contribution in [3.8, 4) is 0 Å². The number of esters is 1. The third-order valence-electron chi connectivity index (χ3n) is 8.15. The Balaban J connectivity index is 1.88. The van der Waals surface area contributed by atoms with Gasteiger partial charge in [-0.3, -0.25) is 9.59 Å². The third-order valence-corrected chi connectivity index (χ3v) is 8.15. The van der Waals surface area contributed by atoms with E-state index in [1.165, 1.54) is 18.1 Å². The van der Waals surface area contributed by atoms with Crippen LogP contribution in [0.15, 0.2) is 23.3 Å². The number of carbonyl (C=O) groups is 2. The first-order valence-electron chi connectivity index (χ1n) is 9.77. The fourth-order valence-corrected chi connectivity index (χ4v) is 7.03. The predicted octanol–water partition coefficient (Wildman–Crippen LogP) is 4.47. The molecule has 0 unspecified atom stereocenters. The van der Waals surface area contributed by atoms with Gasteiger partial charge >= 0.3 is 5.97 Å². The maximum Gasteiger partial charge on any atom is 0.302 e. The van der Waals surface area contributed by atoms with E-state index in [4.69, 9.17) is 4.74 Å². The molecular formula is C22H30O3. The zero-order valence-corrected chi connectivity index (χ0v) is 16.1. The van der Waals surface area contributed by atoms with Gasteiger partial charge in [0.2, 0.25) is 0 Å². The normalized spacial score (nSPS) is 48.2. The number of rotatable bonds is 1. The number of ether oxygens (including phenoxy) is 1. The van der Waals surface area contributed by atoms with E-state index in [-0.39, 0.29) is 34.7 Å². The smallest absolute Gasteiger partial charge is 0.302 e. The molecule has 25 heavy (non-hydrogen) atoms. The van der Waals surface area contributed by atoms with Gasteiger partial charge in [-0.05, 0) is 49.0 Å². The van der Waals surface area contributed by atoms with Crippen molar-refractivity contribution in [3.05, 3.63) is 23.3 Å². The van der Waals surface area contributed by atoms with Crippen LogP contribution in [0.2, 0.25) is 0 Å². The molecule has 0 aromatic heterocycles. The van der Waals surface area contributed by atoms with Gasteiger partial charge in [-0.2, -0.15) is 0 Å². The fourth-order valence-electron chi connectivity index (χ4n) is 7.03. The van der Waals surface area contributed by atoms with Crippen LogP contribution >= 0.6 is 0 Å². The molecular weight excluding hydrogens is 312 g/mol. The molecule has 2 saturated carbocycles. The molecule has 4 rings (SSSR count). The maximum atomic E-state index is 13.2. The topological polar surface area (TPSA) is 43.4 Å². The highest BCUT2D eigenvalue weighted by Crippen LogP contribution is 2.69. The van der Waals surface area contributed by atoms with Crippen molar-refractivity contribution in [3.63, 3.8) is 0 Å².